The van der Waals surface area contributed by atoms with Crippen LogP contribution in [0.4, 0.5) is 0 Å². The van der Waals surface area contributed by atoms with Gasteiger partial charge in [0, 0.05) is 13.0 Å². The van der Waals surface area contributed by atoms with Crippen molar-refractivity contribution in [3.63, 3.8) is 0 Å². The summed E-state index contributed by atoms with van der Waals surface area (Å²) in [5.41, 5.74) is 2.84. The lowest BCUT2D eigenvalue weighted by atomic mass is 9.91. The molecule has 1 aromatic rings. The molecule has 1 aliphatic heterocycles. The van der Waals surface area contributed by atoms with Crippen LogP contribution in [0.1, 0.15) is 43.4 Å². The Morgan fingerprint density at radius 3 is 2.67 bits per heavy atom. The maximum Gasteiger partial charge on any atom is 0.226 e. The van der Waals surface area contributed by atoms with Crippen molar-refractivity contribution in [2.75, 3.05) is 20.1 Å². The minimum atomic E-state index is 0.151. The number of benzene rings is 1. The third-order valence-electron chi connectivity index (χ3n) is 5.65. The van der Waals surface area contributed by atoms with Crippen molar-refractivity contribution in [2.24, 2.45) is 11.3 Å². The zero-order chi connectivity index (χ0) is 15.0. The minimum absolute atomic E-state index is 0.151. The molecule has 1 N–H and O–H groups in total. The molecule has 1 spiro atoms. The number of nitrogens with zero attached hydrogens (tertiary/aromatic N) is 1. The van der Waals surface area contributed by atoms with Crippen LogP contribution < -0.4 is 5.32 Å². The molecule has 3 rings (SSSR count). The van der Waals surface area contributed by atoms with E-state index < -0.39 is 0 Å². The number of amides is 1. The van der Waals surface area contributed by atoms with Crippen LogP contribution in [-0.4, -0.2) is 30.9 Å². The molecule has 2 unspecified atom stereocenters. The minimum Gasteiger partial charge on any atom is -0.339 e. The van der Waals surface area contributed by atoms with Gasteiger partial charge in [-0.25, -0.2) is 0 Å². The van der Waals surface area contributed by atoms with Gasteiger partial charge < -0.3 is 10.2 Å². The molecule has 2 aliphatic rings. The summed E-state index contributed by atoms with van der Waals surface area (Å²) in [6.07, 6.45) is 3.42. The standard InChI is InChI=1S/C18H26N2O/c1-13-6-4-5-7-15(13)14(2)20(3)17(21)16-12-18(16)8-10-19-11-9-18/h4-7,14,16,19H,8-12H2,1-3H3. The molecule has 1 aromatic carbocycles. The summed E-state index contributed by atoms with van der Waals surface area (Å²) >= 11 is 0. The number of carbonyl (C=O) groups is 1. The highest BCUT2D eigenvalue weighted by Gasteiger charge is 2.58. The van der Waals surface area contributed by atoms with E-state index in [1.165, 1.54) is 11.1 Å². The van der Waals surface area contributed by atoms with E-state index in [9.17, 15) is 4.79 Å². The Morgan fingerprint density at radius 2 is 2.00 bits per heavy atom. The van der Waals surface area contributed by atoms with E-state index in [1.807, 2.05) is 11.9 Å². The molecule has 1 aliphatic carbocycles. The summed E-state index contributed by atoms with van der Waals surface area (Å²) in [5, 5.41) is 3.40. The molecule has 0 radical (unpaired) electrons. The summed E-state index contributed by atoms with van der Waals surface area (Å²) in [6.45, 7) is 6.40. The Labute approximate surface area is 127 Å². The van der Waals surface area contributed by atoms with Gasteiger partial charge in [-0.2, -0.15) is 0 Å². The fraction of sp³-hybridized carbons (Fsp3) is 0.611. The van der Waals surface area contributed by atoms with Gasteiger partial charge in [-0.15, -0.1) is 0 Å². The zero-order valence-corrected chi connectivity index (χ0v) is 13.4. The smallest absolute Gasteiger partial charge is 0.226 e. The third kappa shape index (κ3) is 2.59. The van der Waals surface area contributed by atoms with E-state index in [0.717, 1.165) is 32.4 Å². The second-order valence-corrected chi connectivity index (χ2v) is 6.85. The molecule has 1 heterocycles. The Balaban J connectivity index is 1.69. The predicted molar refractivity (Wildman–Crippen MR) is 85.0 cm³/mol. The van der Waals surface area contributed by atoms with Crippen molar-refractivity contribution in [2.45, 2.75) is 39.2 Å². The summed E-state index contributed by atoms with van der Waals surface area (Å²) in [5.74, 6) is 0.601. The SMILES string of the molecule is Cc1ccccc1C(C)N(C)C(=O)C1CC12CCNCC2. The van der Waals surface area contributed by atoms with Crippen LogP contribution in [-0.2, 0) is 4.79 Å². The Kier molecular flexibility index (Phi) is 3.78. The van der Waals surface area contributed by atoms with Crippen molar-refractivity contribution in [1.29, 1.82) is 0 Å². The first-order chi connectivity index (χ1) is 10.1. The zero-order valence-electron chi connectivity index (χ0n) is 13.4. The topological polar surface area (TPSA) is 32.3 Å². The van der Waals surface area contributed by atoms with Gasteiger partial charge in [0.25, 0.3) is 0 Å². The average molecular weight is 286 g/mol. The molecule has 3 heteroatoms. The van der Waals surface area contributed by atoms with E-state index >= 15 is 0 Å². The summed E-state index contributed by atoms with van der Waals surface area (Å²) < 4.78 is 0. The van der Waals surface area contributed by atoms with Crippen molar-refractivity contribution in [1.82, 2.24) is 10.2 Å². The molecule has 0 aromatic heterocycles. The van der Waals surface area contributed by atoms with Gasteiger partial charge in [0.1, 0.15) is 0 Å². The van der Waals surface area contributed by atoms with Crippen LogP contribution in [0, 0.1) is 18.3 Å². The number of aryl methyl sites for hydroxylation is 1. The van der Waals surface area contributed by atoms with Gasteiger partial charge >= 0.3 is 0 Å². The first-order valence-electron chi connectivity index (χ1n) is 8.08. The second kappa shape index (κ2) is 5.45. The molecule has 114 valence electrons. The van der Waals surface area contributed by atoms with Crippen LogP contribution in [0.25, 0.3) is 0 Å². The van der Waals surface area contributed by atoms with E-state index in [-0.39, 0.29) is 12.0 Å². The number of hydrogen-bond acceptors (Lipinski definition) is 2. The number of hydrogen-bond donors (Lipinski definition) is 1. The van der Waals surface area contributed by atoms with Crippen LogP contribution >= 0.6 is 0 Å². The Morgan fingerprint density at radius 1 is 1.33 bits per heavy atom. The van der Waals surface area contributed by atoms with Crippen molar-refractivity contribution < 1.29 is 4.79 Å². The van der Waals surface area contributed by atoms with E-state index in [2.05, 4.69) is 43.4 Å². The summed E-state index contributed by atoms with van der Waals surface area (Å²) in [4.78, 5) is 14.8. The molecule has 1 saturated carbocycles. The van der Waals surface area contributed by atoms with Gasteiger partial charge in [0.05, 0.1) is 6.04 Å². The monoisotopic (exact) mass is 286 g/mol. The molecule has 2 fully saturated rings. The van der Waals surface area contributed by atoms with Crippen molar-refractivity contribution in [3.05, 3.63) is 35.4 Å². The molecular formula is C18H26N2O. The molecule has 1 amide bonds. The van der Waals surface area contributed by atoms with Crippen molar-refractivity contribution in [3.8, 4) is 0 Å². The predicted octanol–water partition coefficient (Wildman–Crippen LogP) is 2.90. The number of piperidine rings is 1. The van der Waals surface area contributed by atoms with Crippen molar-refractivity contribution >= 4 is 5.91 Å². The first kappa shape index (κ1) is 14.6. The number of nitrogens with one attached hydrogen (secondary N) is 1. The van der Waals surface area contributed by atoms with Crippen LogP contribution in [0.3, 0.4) is 0 Å². The highest BCUT2D eigenvalue weighted by Crippen LogP contribution is 2.59. The lowest BCUT2D eigenvalue weighted by Gasteiger charge is -2.29. The Hall–Kier alpha value is -1.35. The van der Waals surface area contributed by atoms with E-state index in [0.29, 0.717) is 11.3 Å². The quantitative estimate of drug-likeness (QED) is 0.926. The summed E-state index contributed by atoms with van der Waals surface area (Å²) in [6, 6.07) is 8.52. The third-order valence-corrected chi connectivity index (χ3v) is 5.65. The lowest BCUT2D eigenvalue weighted by Crippen LogP contribution is -2.36. The van der Waals surface area contributed by atoms with E-state index in [4.69, 9.17) is 0 Å². The Bertz CT molecular complexity index is 534. The number of rotatable bonds is 3. The molecule has 0 bridgehead atoms. The maximum atomic E-state index is 12.8. The fourth-order valence-corrected chi connectivity index (χ4v) is 3.87. The number of carbonyl (C=O) groups excluding carboxylic acids is 1. The largest absolute Gasteiger partial charge is 0.339 e. The maximum absolute atomic E-state index is 12.8. The van der Waals surface area contributed by atoms with Gasteiger partial charge in [0.15, 0.2) is 0 Å². The second-order valence-electron chi connectivity index (χ2n) is 6.85. The van der Waals surface area contributed by atoms with Gasteiger partial charge in [-0.05, 0) is 62.7 Å². The molecule has 1 saturated heterocycles. The average Bonchev–Trinajstić information content (AvgIpc) is 3.19. The molecular weight excluding hydrogens is 260 g/mol. The highest BCUT2D eigenvalue weighted by atomic mass is 16.2. The molecule has 21 heavy (non-hydrogen) atoms. The fourth-order valence-electron chi connectivity index (χ4n) is 3.87. The first-order valence-corrected chi connectivity index (χ1v) is 8.08. The van der Waals surface area contributed by atoms with E-state index in [1.54, 1.807) is 0 Å². The van der Waals surface area contributed by atoms with Gasteiger partial charge in [-0.1, -0.05) is 24.3 Å². The highest BCUT2D eigenvalue weighted by molar-refractivity contribution is 5.83. The van der Waals surface area contributed by atoms with Crippen LogP contribution in [0.5, 0.6) is 0 Å². The lowest BCUT2D eigenvalue weighted by molar-refractivity contribution is -0.134. The summed E-state index contributed by atoms with van der Waals surface area (Å²) in [7, 11) is 1.96. The van der Waals surface area contributed by atoms with Crippen LogP contribution in [0.15, 0.2) is 24.3 Å². The normalized spacial score (nSPS) is 24.6. The van der Waals surface area contributed by atoms with Gasteiger partial charge in [0.2, 0.25) is 5.91 Å². The molecule has 3 nitrogen and oxygen atoms in total. The molecule has 2 atom stereocenters. The van der Waals surface area contributed by atoms with Gasteiger partial charge in [-0.3, -0.25) is 4.79 Å². The van der Waals surface area contributed by atoms with Crippen LogP contribution in [0.2, 0.25) is 0 Å².